The van der Waals surface area contributed by atoms with Crippen molar-refractivity contribution in [2.24, 2.45) is 0 Å². The number of benzene rings is 1. The number of pyridine rings is 1. The lowest BCUT2D eigenvalue weighted by Gasteiger charge is -2.20. The van der Waals surface area contributed by atoms with Crippen molar-refractivity contribution < 1.29 is 4.39 Å². The van der Waals surface area contributed by atoms with E-state index >= 15 is 0 Å². The quantitative estimate of drug-likeness (QED) is 0.722. The highest BCUT2D eigenvalue weighted by molar-refractivity contribution is 5.85. The molecule has 1 saturated heterocycles. The summed E-state index contributed by atoms with van der Waals surface area (Å²) in [6, 6.07) is 12.4. The maximum Gasteiger partial charge on any atom is 0.212 e. The van der Waals surface area contributed by atoms with Crippen LogP contribution in [0.15, 0.2) is 42.6 Å². The first-order valence-corrected chi connectivity index (χ1v) is 8.67. The molecular weight excluding hydrogens is 301 g/mol. The Morgan fingerprint density at radius 3 is 2.83 bits per heavy atom. The summed E-state index contributed by atoms with van der Waals surface area (Å²) in [4.78, 5) is 9.83. The van der Waals surface area contributed by atoms with Crippen molar-refractivity contribution in [2.45, 2.75) is 32.2 Å². The van der Waals surface area contributed by atoms with Gasteiger partial charge >= 0.3 is 0 Å². The van der Waals surface area contributed by atoms with Gasteiger partial charge in [0.05, 0.1) is 0 Å². The number of H-pyrrole nitrogens is 1. The molecule has 3 aromatic rings. The van der Waals surface area contributed by atoms with E-state index in [-0.39, 0.29) is 0 Å². The predicted molar refractivity (Wildman–Crippen MR) is 95.5 cm³/mol. The molecule has 0 radical (unpaired) electrons. The highest BCUT2D eigenvalue weighted by atomic mass is 19.1. The minimum Gasteiger partial charge on any atom is -0.358 e. The van der Waals surface area contributed by atoms with Crippen molar-refractivity contribution in [2.75, 3.05) is 13.1 Å². The third-order valence-corrected chi connectivity index (χ3v) is 5.10. The van der Waals surface area contributed by atoms with E-state index < -0.39 is 5.95 Å². The van der Waals surface area contributed by atoms with Crippen LogP contribution in [0.25, 0.3) is 22.0 Å². The zero-order valence-electron chi connectivity index (χ0n) is 13.9. The summed E-state index contributed by atoms with van der Waals surface area (Å²) in [7, 11) is 0. The molecule has 3 nitrogen and oxygen atoms in total. The number of hydrogen-bond acceptors (Lipinski definition) is 2. The molecule has 1 unspecified atom stereocenters. The van der Waals surface area contributed by atoms with Gasteiger partial charge in [-0.15, -0.1) is 0 Å². The maximum absolute atomic E-state index is 13.0. The number of aromatic nitrogens is 2. The van der Waals surface area contributed by atoms with Crippen molar-refractivity contribution in [1.29, 1.82) is 0 Å². The monoisotopic (exact) mass is 323 g/mol. The summed E-state index contributed by atoms with van der Waals surface area (Å²) in [5.41, 5.74) is 4.43. The second-order valence-electron chi connectivity index (χ2n) is 6.74. The van der Waals surface area contributed by atoms with Gasteiger partial charge in [0.2, 0.25) is 5.95 Å². The van der Waals surface area contributed by atoms with Gasteiger partial charge in [-0.3, -0.25) is 0 Å². The van der Waals surface area contributed by atoms with E-state index in [0.717, 1.165) is 29.6 Å². The maximum atomic E-state index is 13.0. The van der Waals surface area contributed by atoms with Crippen LogP contribution in [0, 0.1) is 5.95 Å². The molecule has 1 atom stereocenters. The Hall–Kier alpha value is -2.20. The first-order chi connectivity index (χ1) is 11.7. The molecule has 4 rings (SSSR count). The zero-order valence-corrected chi connectivity index (χ0v) is 13.9. The topological polar surface area (TPSA) is 31.9 Å². The normalized spacial score (nSPS) is 18.5. The number of rotatable bonds is 4. The molecule has 0 bridgehead atoms. The van der Waals surface area contributed by atoms with E-state index in [1.807, 2.05) is 0 Å². The van der Waals surface area contributed by atoms with Gasteiger partial charge in [0.15, 0.2) is 0 Å². The summed E-state index contributed by atoms with van der Waals surface area (Å²) in [6.07, 6.45) is 5.27. The summed E-state index contributed by atoms with van der Waals surface area (Å²) < 4.78 is 13.0. The van der Waals surface area contributed by atoms with Gasteiger partial charge in [-0.1, -0.05) is 6.07 Å². The molecule has 0 amide bonds. The molecule has 24 heavy (non-hydrogen) atoms. The lowest BCUT2D eigenvalue weighted by molar-refractivity contribution is 0.271. The van der Waals surface area contributed by atoms with Crippen LogP contribution in [0.3, 0.4) is 0 Å². The molecule has 1 fully saturated rings. The molecule has 0 aliphatic carbocycles. The Bertz CT molecular complexity index is 838. The average Bonchev–Trinajstić information content (AvgIpc) is 3.18. The van der Waals surface area contributed by atoms with Crippen LogP contribution in [0.2, 0.25) is 0 Å². The summed E-state index contributed by atoms with van der Waals surface area (Å²) in [5, 5.41) is 1.20. The summed E-state index contributed by atoms with van der Waals surface area (Å²) in [5.74, 6) is -0.445. The largest absolute Gasteiger partial charge is 0.358 e. The number of fused-ring (bicyclic) bond motifs is 1. The highest BCUT2D eigenvalue weighted by Crippen LogP contribution is 2.25. The number of likely N-dealkylation sites (tertiary alicyclic amines) is 1. The second kappa shape index (κ2) is 6.36. The van der Waals surface area contributed by atoms with Crippen LogP contribution in [0.1, 0.15) is 25.5 Å². The van der Waals surface area contributed by atoms with Crippen LogP contribution in [0.4, 0.5) is 4.39 Å². The van der Waals surface area contributed by atoms with Gasteiger partial charge in [-0.05, 0) is 62.2 Å². The highest BCUT2D eigenvalue weighted by Gasteiger charge is 2.19. The Labute approximate surface area is 141 Å². The fourth-order valence-corrected chi connectivity index (χ4v) is 3.64. The van der Waals surface area contributed by atoms with Gasteiger partial charge in [0.25, 0.3) is 0 Å². The molecule has 3 heterocycles. The lowest BCUT2D eigenvalue weighted by Crippen LogP contribution is -2.29. The Balaban J connectivity index is 1.53. The third kappa shape index (κ3) is 3.06. The molecule has 2 aromatic heterocycles. The number of nitrogens with one attached hydrogen (secondary N) is 1. The first-order valence-electron chi connectivity index (χ1n) is 8.67. The second-order valence-corrected chi connectivity index (χ2v) is 6.74. The minimum absolute atomic E-state index is 0.445. The SMILES string of the molecule is CC1CCCN1CCc1cc2cc(-c3ccc(F)nc3)ccc2[nH]1. The predicted octanol–water partition coefficient (Wildman–Crippen LogP) is 4.40. The molecule has 4 heteroatoms. The Kier molecular flexibility index (Phi) is 4.07. The summed E-state index contributed by atoms with van der Waals surface area (Å²) >= 11 is 0. The van der Waals surface area contributed by atoms with Crippen LogP contribution in [-0.4, -0.2) is 34.0 Å². The van der Waals surface area contributed by atoms with Crippen molar-refractivity contribution in [3.8, 4) is 11.1 Å². The molecule has 124 valence electrons. The summed E-state index contributed by atoms with van der Waals surface area (Å²) in [6.45, 7) is 4.66. The standard InChI is InChI=1S/C20H22FN3/c1-14-3-2-9-24(14)10-8-18-12-17-11-15(4-6-19(17)23-18)16-5-7-20(21)22-13-16/h4-7,11-14,23H,2-3,8-10H2,1H3. The first kappa shape index (κ1) is 15.3. The fourth-order valence-electron chi connectivity index (χ4n) is 3.64. The van der Waals surface area contributed by atoms with E-state index in [1.54, 1.807) is 12.3 Å². The van der Waals surface area contributed by atoms with Crippen LogP contribution in [-0.2, 0) is 6.42 Å². The third-order valence-electron chi connectivity index (χ3n) is 5.10. The number of aromatic amines is 1. The Morgan fingerprint density at radius 2 is 2.08 bits per heavy atom. The van der Waals surface area contributed by atoms with Crippen molar-refractivity contribution in [3.05, 3.63) is 54.2 Å². The van der Waals surface area contributed by atoms with Gasteiger partial charge in [0.1, 0.15) is 0 Å². The molecule has 1 aromatic carbocycles. The molecule has 1 aliphatic rings. The van der Waals surface area contributed by atoms with E-state index in [1.165, 1.54) is 36.5 Å². The number of nitrogens with zero attached hydrogens (tertiary/aromatic N) is 2. The van der Waals surface area contributed by atoms with Crippen LogP contribution in [0.5, 0.6) is 0 Å². The molecule has 0 spiro atoms. The van der Waals surface area contributed by atoms with E-state index in [0.29, 0.717) is 6.04 Å². The lowest BCUT2D eigenvalue weighted by atomic mass is 10.1. The van der Waals surface area contributed by atoms with Gasteiger partial charge in [0, 0.05) is 47.4 Å². The van der Waals surface area contributed by atoms with E-state index in [9.17, 15) is 4.39 Å². The molecular formula is C20H22FN3. The number of hydrogen-bond donors (Lipinski definition) is 1. The smallest absolute Gasteiger partial charge is 0.212 e. The number of halogens is 1. The Morgan fingerprint density at radius 1 is 1.21 bits per heavy atom. The van der Waals surface area contributed by atoms with Crippen molar-refractivity contribution >= 4 is 10.9 Å². The van der Waals surface area contributed by atoms with Gasteiger partial charge in [-0.25, -0.2) is 4.98 Å². The molecule has 0 saturated carbocycles. The van der Waals surface area contributed by atoms with Crippen LogP contribution >= 0.6 is 0 Å². The van der Waals surface area contributed by atoms with Gasteiger partial charge in [-0.2, -0.15) is 4.39 Å². The van der Waals surface area contributed by atoms with E-state index in [2.05, 4.69) is 46.1 Å². The fraction of sp³-hybridized carbons (Fsp3) is 0.350. The minimum atomic E-state index is -0.445. The van der Waals surface area contributed by atoms with Crippen LogP contribution < -0.4 is 0 Å². The van der Waals surface area contributed by atoms with E-state index in [4.69, 9.17) is 0 Å². The molecule has 1 aliphatic heterocycles. The van der Waals surface area contributed by atoms with Crippen molar-refractivity contribution in [3.63, 3.8) is 0 Å². The molecule has 1 N–H and O–H groups in total. The van der Waals surface area contributed by atoms with Gasteiger partial charge < -0.3 is 9.88 Å². The van der Waals surface area contributed by atoms with Crippen molar-refractivity contribution in [1.82, 2.24) is 14.9 Å². The zero-order chi connectivity index (χ0) is 16.5. The average molecular weight is 323 g/mol.